The van der Waals surface area contributed by atoms with E-state index in [1.54, 1.807) is 0 Å². The Morgan fingerprint density at radius 1 is 1.00 bits per heavy atom. The minimum absolute atomic E-state index is 0.140. The van der Waals surface area contributed by atoms with Crippen molar-refractivity contribution in [2.75, 3.05) is 50.0 Å². The first-order chi connectivity index (χ1) is 19.1. The lowest BCUT2D eigenvalue weighted by atomic mass is 10.1. The molecule has 7 nitrogen and oxygen atoms in total. The van der Waals surface area contributed by atoms with E-state index in [0.717, 1.165) is 72.9 Å². The molecule has 0 radical (unpaired) electrons. The molecule has 2 N–H and O–H groups in total. The number of anilines is 2. The van der Waals surface area contributed by atoms with Crippen molar-refractivity contribution in [3.8, 4) is 11.4 Å². The molecule has 196 valence electrons. The van der Waals surface area contributed by atoms with Crippen molar-refractivity contribution in [2.24, 2.45) is 0 Å². The van der Waals surface area contributed by atoms with Crippen LogP contribution in [0, 0.1) is 0 Å². The third-order valence-corrected chi connectivity index (χ3v) is 7.36. The molecule has 6 rings (SSSR count). The zero-order valence-corrected chi connectivity index (χ0v) is 22.1. The Labute approximate surface area is 228 Å². The summed E-state index contributed by atoms with van der Waals surface area (Å²) >= 11 is 0. The number of nitrogens with one attached hydrogen (secondary N) is 2. The molecule has 0 saturated carbocycles. The maximum atomic E-state index is 13.0. The lowest BCUT2D eigenvalue weighted by Crippen LogP contribution is -2.45. The number of rotatable bonds is 7. The van der Waals surface area contributed by atoms with Crippen LogP contribution in [0.25, 0.3) is 22.4 Å². The second-order valence-corrected chi connectivity index (χ2v) is 10.1. The summed E-state index contributed by atoms with van der Waals surface area (Å²) in [5, 5.41) is 3.03. The number of carbonyl (C=O) groups excluding carboxylic acids is 1. The van der Waals surface area contributed by atoms with Gasteiger partial charge in [0.25, 0.3) is 5.91 Å². The van der Waals surface area contributed by atoms with Crippen molar-refractivity contribution in [2.45, 2.75) is 6.42 Å². The van der Waals surface area contributed by atoms with Crippen molar-refractivity contribution in [1.82, 2.24) is 19.8 Å². The number of likely N-dealkylation sites (N-methyl/N-ethyl adjacent to an activating group) is 1. The van der Waals surface area contributed by atoms with Gasteiger partial charge in [0, 0.05) is 61.4 Å². The number of carbonyl (C=O) groups is 1. The predicted octanol–water partition coefficient (Wildman–Crippen LogP) is 5.27. The largest absolute Gasteiger partial charge is 0.338 e. The number of benzene rings is 3. The molecule has 0 unspecified atom stereocenters. The fourth-order valence-corrected chi connectivity index (χ4v) is 4.91. The lowest BCUT2D eigenvalue weighted by molar-refractivity contribution is 0.102. The van der Waals surface area contributed by atoms with Crippen molar-refractivity contribution in [1.29, 1.82) is 0 Å². The van der Waals surface area contributed by atoms with E-state index in [9.17, 15) is 4.79 Å². The molecule has 2 aliphatic heterocycles. The third-order valence-electron chi connectivity index (χ3n) is 7.36. The highest BCUT2D eigenvalue weighted by Gasteiger charge is 2.14. The minimum atomic E-state index is -0.140. The normalized spacial score (nSPS) is 15.8. The third kappa shape index (κ3) is 5.86. The quantitative estimate of drug-likeness (QED) is 0.328. The van der Waals surface area contributed by atoms with Gasteiger partial charge in [-0.25, -0.2) is 4.98 Å². The molecular weight excluding hydrogens is 484 g/mol. The molecule has 4 aromatic rings. The van der Waals surface area contributed by atoms with E-state index in [1.807, 2.05) is 84.0 Å². The molecular formula is C32H32N6O. The summed E-state index contributed by atoms with van der Waals surface area (Å²) in [6.45, 7) is 5.60. The van der Waals surface area contributed by atoms with Crippen molar-refractivity contribution in [3.63, 3.8) is 0 Å². The van der Waals surface area contributed by atoms with Gasteiger partial charge < -0.3 is 25.0 Å². The summed E-state index contributed by atoms with van der Waals surface area (Å²) in [6, 6.07) is 21.9. The minimum Gasteiger partial charge on any atom is -0.338 e. The molecule has 1 amide bonds. The second kappa shape index (κ2) is 11.1. The van der Waals surface area contributed by atoms with E-state index in [1.165, 1.54) is 5.56 Å². The van der Waals surface area contributed by atoms with Crippen LogP contribution in [0.1, 0.15) is 15.9 Å². The maximum Gasteiger partial charge on any atom is 0.255 e. The molecule has 3 heterocycles. The van der Waals surface area contributed by atoms with Crippen molar-refractivity contribution < 1.29 is 4.79 Å². The van der Waals surface area contributed by atoms with Gasteiger partial charge in [-0.3, -0.25) is 4.79 Å². The lowest BCUT2D eigenvalue weighted by Gasteiger charge is -2.32. The predicted molar refractivity (Wildman–Crippen MR) is 158 cm³/mol. The fourth-order valence-electron chi connectivity index (χ4n) is 4.91. The van der Waals surface area contributed by atoms with E-state index < -0.39 is 0 Å². The first kappa shape index (κ1) is 24.9. The molecule has 1 saturated heterocycles. The highest BCUT2D eigenvalue weighted by molar-refractivity contribution is 6.06. The molecule has 0 aliphatic carbocycles. The van der Waals surface area contributed by atoms with Gasteiger partial charge in [0.2, 0.25) is 0 Å². The molecule has 1 fully saturated rings. The van der Waals surface area contributed by atoms with Crippen LogP contribution in [0.4, 0.5) is 11.4 Å². The number of piperazine rings is 1. The molecule has 3 aromatic carbocycles. The number of hydrogen-bond donors (Lipinski definition) is 2. The zero-order valence-electron chi connectivity index (χ0n) is 22.1. The van der Waals surface area contributed by atoms with Crippen LogP contribution in [0.5, 0.6) is 0 Å². The molecule has 0 bridgehead atoms. The van der Waals surface area contributed by atoms with Gasteiger partial charge in [-0.1, -0.05) is 12.1 Å². The highest BCUT2D eigenvalue weighted by atomic mass is 16.1. The Balaban J connectivity index is 1.08. The second-order valence-electron chi connectivity index (χ2n) is 10.1. The number of nitrogens with zero attached hydrogens (tertiary/aromatic N) is 4. The Morgan fingerprint density at radius 3 is 2.54 bits per heavy atom. The number of aromatic amines is 1. The van der Waals surface area contributed by atoms with Gasteiger partial charge in [-0.05, 0) is 85.8 Å². The van der Waals surface area contributed by atoms with E-state index >= 15 is 0 Å². The van der Waals surface area contributed by atoms with Gasteiger partial charge in [-0.15, -0.1) is 5.73 Å². The molecule has 7 heteroatoms. The van der Waals surface area contributed by atoms with Crippen molar-refractivity contribution in [3.05, 3.63) is 108 Å². The van der Waals surface area contributed by atoms with E-state index in [-0.39, 0.29) is 5.91 Å². The summed E-state index contributed by atoms with van der Waals surface area (Å²) in [4.78, 5) is 28.0. The number of allylic oxidation sites excluding steroid dienone is 2. The maximum absolute atomic E-state index is 13.0. The van der Waals surface area contributed by atoms with Gasteiger partial charge in [0.15, 0.2) is 0 Å². The average Bonchev–Trinajstić information content (AvgIpc) is 3.42. The zero-order chi connectivity index (χ0) is 26.6. The average molecular weight is 517 g/mol. The standard InChI is InChI=1S/C32H32N6O/c1-36-19-21-37(22-20-36)18-15-24-5-10-27(11-6-24)33-32(39)26-9-14-29-30(23-26)35-31(34-29)25-7-12-28(13-8-25)38-16-3-2-4-17-38/h2-3,5-14,16-17,23H,15,18-22H2,1H3,(H,33,39)(H,34,35). The summed E-state index contributed by atoms with van der Waals surface area (Å²) in [7, 11) is 2.18. The van der Waals surface area contributed by atoms with Crippen LogP contribution in [-0.2, 0) is 6.42 Å². The Morgan fingerprint density at radius 2 is 1.79 bits per heavy atom. The first-order valence-electron chi connectivity index (χ1n) is 13.4. The van der Waals surface area contributed by atoms with Crippen LogP contribution < -0.4 is 10.2 Å². The molecule has 1 aromatic heterocycles. The van der Waals surface area contributed by atoms with Crippen LogP contribution >= 0.6 is 0 Å². The molecule has 0 atom stereocenters. The molecule has 39 heavy (non-hydrogen) atoms. The summed E-state index contributed by atoms with van der Waals surface area (Å²) < 4.78 is 0. The van der Waals surface area contributed by atoms with E-state index in [2.05, 4.69) is 45.0 Å². The van der Waals surface area contributed by atoms with Crippen LogP contribution in [0.3, 0.4) is 0 Å². The Kier molecular flexibility index (Phi) is 7.11. The van der Waals surface area contributed by atoms with Gasteiger partial charge in [-0.2, -0.15) is 0 Å². The van der Waals surface area contributed by atoms with Crippen LogP contribution in [0.2, 0.25) is 0 Å². The Hall–Kier alpha value is -4.42. The monoisotopic (exact) mass is 516 g/mol. The SMILES string of the molecule is CN1CCN(CCc2ccc(NC(=O)c3ccc4nc(-c5ccc(N6C=C=CC=C6)cc5)[nH]c4c3)cc2)CC1. The molecule has 2 aliphatic rings. The summed E-state index contributed by atoms with van der Waals surface area (Å²) in [5.74, 6) is 0.630. The molecule has 0 spiro atoms. The number of fused-ring (bicyclic) bond motifs is 1. The summed E-state index contributed by atoms with van der Waals surface area (Å²) in [5.41, 5.74) is 9.43. The fraction of sp³-hybridized carbons (Fsp3) is 0.219. The van der Waals surface area contributed by atoms with E-state index in [4.69, 9.17) is 4.98 Å². The van der Waals surface area contributed by atoms with Crippen molar-refractivity contribution >= 4 is 28.3 Å². The highest BCUT2D eigenvalue weighted by Crippen LogP contribution is 2.25. The first-order valence-corrected chi connectivity index (χ1v) is 13.4. The van der Waals surface area contributed by atoms with Gasteiger partial charge >= 0.3 is 0 Å². The van der Waals surface area contributed by atoms with E-state index in [0.29, 0.717) is 5.56 Å². The van der Waals surface area contributed by atoms with Crippen LogP contribution in [-0.4, -0.2) is 65.4 Å². The number of aromatic nitrogens is 2. The number of hydrogen-bond acceptors (Lipinski definition) is 5. The number of H-pyrrole nitrogens is 1. The Bertz CT molecular complexity index is 1550. The number of amides is 1. The summed E-state index contributed by atoms with van der Waals surface area (Å²) in [6.07, 6.45) is 8.73. The van der Waals surface area contributed by atoms with Gasteiger partial charge in [0.1, 0.15) is 5.82 Å². The van der Waals surface area contributed by atoms with Gasteiger partial charge in [0.05, 0.1) is 17.2 Å². The topological polar surface area (TPSA) is 67.5 Å². The smallest absolute Gasteiger partial charge is 0.255 e. The number of imidazole rings is 1. The van der Waals surface area contributed by atoms with Crippen LogP contribution in [0.15, 0.2) is 97.0 Å².